The van der Waals surface area contributed by atoms with Gasteiger partial charge in [0.2, 0.25) is 17.5 Å². The van der Waals surface area contributed by atoms with Crippen LogP contribution < -0.4 is 10.2 Å². The second-order valence-electron chi connectivity index (χ2n) is 7.45. The van der Waals surface area contributed by atoms with Gasteiger partial charge in [-0.25, -0.2) is 4.98 Å². The van der Waals surface area contributed by atoms with Gasteiger partial charge in [0.15, 0.2) is 10.9 Å². The highest BCUT2D eigenvalue weighted by Crippen LogP contribution is 2.32. The number of para-hydroxylation sites is 1. The van der Waals surface area contributed by atoms with Crippen LogP contribution in [0.3, 0.4) is 0 Å². The van der Waals surface area contributed by atoms with Gasteiger partial charge in [-0.3, -0.25) is 4.79 Å². The number of rotatable bonds is 4. The number of hydrogen-bond donors (Lipinski definition) is 1. The van der Waals surface area contributed by atoms with Crippen molar-refractivity contribution in [1.82, 2.24) is 9.97 Å². The molecule has 0 atom stereocenters. The molecule has 0 unspecified atom stereocenters. The Balaban J connectivity index is 1.25. The van der Waals surface area contributed by atoms with Crippen LogP contribution in [0.15, 0.2) is 45.4 Å². The zero-order valence-corrected chi connectivity index (χ0v) is 17.6. The predicted molar refractivity (Wildman–Crippen MR) is 117 cm³/mol. The Labute approximate surface area is 182 Å². The second-order valence-corrected chi connectivity index (χ2v) is 8.48. The van der Waals surface area contributed by atoms with Crippen molar-refractivity contribution >= 4 is 38.5 Å². The lowest BCUT2D eigenvalue weighted by atomic mass is 9.96. The molecule has 9 heteroatoms. The standard InChI is InChI=1S/C22H19N5O3S/c1-13-4-2-6-17-18(13)25-22(31-17)26-19(28)14-7-9-27(10-8-14)21-15(12-23)24-20(30-21)16-5-3-11-29-16/h2-6,11,14H,7-10H2,1H3,(H,25,26,28). The minimum Gasteiger partial charge on any atom is -0.459 e. The molecule has 156 valence electrons. The van der Waals surface area contributed by atoms with Crippen LogP contribution in [0.25, 0.3) is 21.9 Å². The number of oxazole rings is 1. The number of amides is 1. The monoisotopic (exact) mass is 433 g/mol. The predicted octanol–water partition coefficient (Wildman–Crippen LogP) is 4.58. The first-order valence-electron chi connectivity index (χ1n) is 9.99. The summed E-state index contributed by atoms with van der Waals surface area (Å²) in [5.41, 5.74) is 2.25. The van der Waals surface area contributed by atoms with Crippen molar-refractivity contribution in [2.75, 3.05) is 23.3 Å². The number of aryl methyl sites for hydroxylation is 1. The highest BCUT2D eigenvalue weighted by Gasteiger charge is 2.29. The third-order valence-corrected chi connectivity index (χ3v) is 6.39. The van der Waals surface area contributed by atoms with Crippen LogP contribution in [0.2, 0.25) is 0 Å². The largest absolute Gasteiger partial charge is 0.459 e. The highest BCUT2D eigenvalue weighted by molar-refractivity contribution is 7.22. The minimum atomic E-state index is -0.123. The number of carbonyl (C=O) groups is 1. The molecular formula is C22H19N5O3S. The fourth-order valence-corrected chi connectivity index (χ4v) is 4.74. The molecule has 0 aliphatic carbocycles. The summed E-state index contributed by atoms with van der Waals surface area (Å²) in [4.78, 5) is 23.6. The van der Waals surface area contributed by atoms with E-state index in [2.05, 4.69) is 21.4 Å². The molecule has 4 aromatic rings. The molecule has 4 heterocycles. The van der Waals surface area contributed by atoms with E-state index in [9.17, 15) is 10.1 Å². The Hall–Kier alpha value is -3.64. The van der Waals surface area contributed by atoms with E-state index in [1.165, 1.54) is 17.6 Å². The molecule has 1 saturated heterocycles. The number of nitrogens with one attached hydrogen (secondary N) is 1. The molecule has 3 aromatic heterocycles. The van der Waals surface area contributed by atoms with Crippen LogP contribution in [-0.2, 0) is 4.79 Å². The van der Waals surface area contributed by atoms with E-state index in [4.69, 9.17) is 8.83 Å². The first kappa shape index (κ1) is 19.3. The SMILES string of the molecule is Cc1cccc2sc(NC(=O)C3CCN(c4oc(-c5ccco5)nc4C#N)CC3)nc12. The maximum absolute atomic E-state index is 12.8. The average molecular weight is 433 g/mol. The van der Waals surface area contributed by atoms with Crippen LogP contribution in [0, 0.1) is 24.2 Å². The third-order valence-electron chi connectivity index (χ3n) is 5.45. The van der Waals surface area contributed by atoms with Gasteiger partial charge >= 0.3 is 0 Å². The summed E-state index contributed by atoms with van der Waals surface area (Å²) in [6.07, 6.45) is 2.83. The Morgan fingerprint density at radius 3 is 2.81 bits per heavy atom. The normalized spacial score (nSPS) is 14.6. The van der Waals surface area contributed by atoms with E-state index >= 15 is 0 Å². The number of fused-ring (bicyclic) bond motifs is 1. The van der Waals surface area contributed by atoms with Crippen molar-refractivity contribution in [2.45, 2.75) is 19.8 Å². The number of nitrogens with zero attached hydrogens (tertiary/aromatic N) is 4. The van der Waals surface area contributed by atoms with Crippen molar-refractivity contribution in [1.29, 1.82) is 5.26 Å². The van der Waals surface area contributed by atoms with Gasteiger partial charge in [-0.1, -0.05) is 23.5 Å². The van der Waals surface area contributed by atoms with Gasteiger partial charge in [-0.2, -0.15) is 10.2 Å². The van der Waals surface area contributed by atoms with E-state index in [0.717, 1.165) is 15.8 Å². The van der Waals surface area contributed by atoms with Crippen LogP contribution in [-0.4, -0.2) is 29.0 Å². The summed E-state index contributed by atoms with van der Waals surface area (Å²) in [6, 6.07) is 11.6. The fraction of sp³-hybridized carbons (Fsp3) is 0.273. The number of anilines is 2. The highest BCUT2D eigenvalue weighted by atomic mass is 32.1. The molecule has 1 aromatic carbocycles. The first-order chi connectivity index (χ1) is 15.1. The average Bonchev–Trinajstić information content (AvgIpc) is 3.53. The molecule has 0 radical (unpaired) electrons. The van der Waals surface area contributed by atoms with E-state index in [1.54, 1.807) is 12.1 Å². The lowest BCUT2D eigenvalue weighted by Crippen LogP contribution is -2.38. The number of piperidine rings is 1. The third kappa shape index (κ3) is 3.66. The summed E-state index contributed by atoms with van der Waals surface area (Å²) in [7, 11) is 0. The van der Waals surface area contributed by atoms with Gasteiger partial charge in [0.25, 0.3) is 5.89 Å². The molecule has 1 aliphatic heterocycles. The number of nitriles is 1. The number of carbonyl (C=O) groups excluding carboxylic acids is 1. The molecule has 1 amide bonds. The number of furan rings is 1. The summed E-state index contributed by atoms with van der Waals surface area (Å²) >= 11 is 1.49. The topological polar surface area (TPSA) is 108 Å². The molecule has 0 saturated carbocycles. The molecular weight excluding hydrogens is 414 g/mol. The minimum absolute atomic E-state index is 0.0225. The molecule has 0 spiro atoms. The van der Waals surface area contributed by atoms with E-state index < -0.39 is 0 Å². The van der Waals surface area contributed by atoms with Gasteiger partial charge in [-0.05, 0) is 43.5 Å². The van der Waals surface area contributed by atoms with Gasteiger partial charge in [0.05, 0.1) is 16.5 Å². The molecule has 1 aliphatic rings. The number of thiazole rings is 1. The number of aromatic nitrogens is 2. The zero-order valence-electron chi connectivity index (χ0n) is 16.8. The van der Waals surface area contributed by atoms with E-state index in [0.29, 0.717) is 42.7 Å². The lowest BCUT2D eigenvalue weighted by Gasteiger charge is -2.30. The summed E-state index contributed by atoms with van der Waals surface area (Å²) in [6.45, 7) is 3.21. The van der Waals surface area contributed by atoms with Crippen molar-refractivity contribution in [3.05, 3.63) is 47.9 Å². The van der Waals surface area contributed by atoms with Crippen LogP contribution in [0.4, 0.5) is 11.0 Å². The quantitative estimate of drug-likeness (QED) is 0.502. The molecule has 0 bridgehead atoms. The van der Waals surface area contributed by atoms with E-state index in [-0.39, 0.29) is 23.4 Å². The van der Waals surface area contributed by atoms with Crippen molar-refractivity contribution in [3.63, 3.8) is 0 Å². The Bertz CT molecular complexity index is 1280. The van der Waals surface area contributed by atoms with Crippen LogP contribution in [0.5, 0.6) is 0 Å². The number of benzene rings is 1. The summed E-state index contributed by atoms with van der Waals surface area (Å²) in [5, 5.41) is 13.0. The van der Waals surface area contributed by atoms with Crippen LogP contribution in [0.1, 0.15) is 24.1 Å². The molecule has 1 fully saturated rings. The molecule has 5 rings (SSSR count). The van der Waals surface area contributed by atoms with Gasteiger partial charge in [-0.15, -0.1) is 0 Å². The lowest BCUT2D eigenvalue weighted by molar-refractivity contribution is -0.120. The maximum Gasteiger partial charge on any atom is 0.266 e. The zero-order chi connectivity index (χ0) is 21.4. The van der Waals surface area contributed by atoms with Gasteiger partial charge < -0.3 is 19.1 Å². The summed E-state index contributed by atoms with van der Waals surface area (Å²) < 4.78 is 12.2. The van der Waals surface area contributed by atoms with Gasteiger partial charge in [0.1, 0.15) is 6.07 Å². The maximum atomic E-state index is 12.8. The Morgan fingerprint density at radius 2 is 2.10 bits per heavy atom. The Morgan fingerprint density at radius 1 is 1.26 bits per heavy atom. The molecule has 8 nitrogen and oxygen atoms in total. The van der Waals surface area contributed by atoms with Crippen LogP contribution >= 0.6 is 11.3 Å². The summed E-state index contributed by atoms with van der Waals surface area (Å²) in [5.74, 6) is 1.04. The van der Waals surface area contributed by atoms with Crippen molar-refractivity contribution < 1.29 is 13.6 Å². The molecule has 1 N–H and O–H groups in total. The smallest absolute Gasteiger partial charge is 0.266 e. The van der Waals surface area contributed by atoms with Crippen molar-refractivity contribution in [3.8, 4) is 17.7 Å². The van der Waals surface area contributed by atoms with Gasteiger partial charge in [0, 0.05) is 19.0 Å². The fourth-order valence-electron chi connectivity index (χ4n) is 3.80. The first-order valence-corrected chi connectivity index (χ1v) is 10.8. The molecule has 31 heavy (non-hydrogen) atoms. The Kier molecular flexibility index (Phi) is 4.92. The van der Waals surface area contributed by atoms with E-state index in [1.807, 2.05) is 30.0 Å². The number of hydrogen-bond acceptors (Lipinski definition) is 8. The second kappa shape index (κ2) is 7.89. The van der Waals surface area contributed by atoms with Crippen molar-refractivity contribution in [2.24, 2.45) is 5.92 Å².